The second kappa shape index (κ2) is 5.34. The van der Waals surface area contributed by atoms with E-state index in [0.717, 1.165) is 0 Å². The van der Waals surface area contributed by atoms with Crippen molar-refractivity contribution in [1.82, 2.24) is 10.4 Å². The van der Waals surface area contributed by atoms with Gasteiger partial charge in [0.25, 0.3) is 0 Å². The molecule has 0 fully saturated rings. The molecule has 0 rings (SSSR count). The first kappa shape index (κ1) is 11.7. The molecule has 0 aliphatic heterocycles. The highest BCUT2D eigenvalue weighted by Gasteiger charge is 2.12. The quantitative estimate of drug-likeness (QED) is 0.307. The highest BCUT2D eigenvalue weighted by Crippen LogP contribution is 1.98. The summed E-state index contributed by atoms with van der Waals surface area (Å²) in [6, 6.07) is 0.284. The molecule has 0 aromatic rings. The molecule has 0 spiro atoms. The number of hydrazone groups is 1. The van der Waals surface area contributed by atoms with Crippen LogP contribution >= 0.6 is 0 Å². The van der Waals surface area contributed by atoms with Crippen LogP contribution in [0.1, 0.15) is 27.2 Å². The Morgan fingerprint density at radius 2 is 2.23 bits per heavy atom. The lowest BCUT2D eigenvalue weighted by Gasteiger charge is -2.20. The Morgan fingerprint density at radius 3 is 2.54 bits per heavy atom. The van der Waals surface area contributed by atoms with E-state index in [1.54, 1.807) is 5.53 Å². The first-order chi connectivity index (χ1) is 5.99. The van der Waals surface area contributed by atoms with Crippen LogP contribution in [0.2, 0.25) is 0 Å². The van der Waals surface area contributed by atoms with Crippen molar-refractivity contribution in [3.63, 3.8) is 0 Å². The third-order valence-electron chi connectivity index (χ3n) is 1.76. The molecule has 0 atom stereocenters. The Hall–Kier alpha value is -1.33. The topological polar surface area (TPSA) is 70.8 Å². The normalized spacial score (nSPS) is 11.6. The number of nitrogens with zero attached hydrogens (tertiary/aromatic N) is 3. The molecule has 6 heteroatoms. The van der Waals surface area contributed by atoms with Crippen LogP contribution in [0.15, 0.2) is 5.10 Å². The summed E-state index contributed by atoms with van der Waals surface area (Å²) in [6.45, 7) is 5.90. The minimum absolute atomic E-state index is 0.284. The van der Waals surface area contributed by atoms with Crippen LogP contribution in [-0.2, 0) is 0 Å². The Bertz CT molecular complexity index is 203. The van der Waals surface area contributed by atoms with Crippen LogP contribution in [0, 0.1) is 10.1 Å². The van der Waals surface area contributed by atoms with Crippen LogP contribution in [0.4, 0.5) is 0 Å². The van der Waals surface area contributed by atoms with Gasteiger partial charge in [0.1, 0.15) is 0 Å². The van der Waals surface area contributed by atoms with Crippen LogP contribution in [-0.4, -0.2) is 28.9 Å². The Morgan fingerprint density at radius 1 is 1.69 bits per heavy atom. The van der Waals surface area contributed by atoms with Crippen molar-refractivity contribution in [2.24, 2.45) is 5.10 Å². The molecule has 0 aliphatic carbocycles. The largest absolute Gasteiger partial charge is 0.339 e. The molecule has 13 heavy (non-hydrogen) atoms. The fraction of sp³-hybridized carbons (Fsp3) is 0.857. The summed E-state index contributed by atoms with van der Waals surface area (Å²) in [4.78, 5) is 11.9. The van der Waals surface area contributed by atoms with Gasteiger partial charge in [-0.3, -0.25) is 0 Å². The van der Waals surface area contributed by atoms with Gasteiger partial charge >= 0.3 is 0 Å². The van der Waals surface area contributed by atoms with Crippen molar-refractivity contribution >= 4 is 5.84 Å². The van der Waals surface area contributed by atoms with Gasteiger partial charge in [0.15, 0.2) is 0 Å². The van der Waals surface area contributed by atoms with Gasteiger partial charge < -0.3 is 15.0 Å². The van der Waals surface area contributed by atoms with Crippen LogP contribution in [0.5, 0.6) is 0 Å². The van der Waals surface area contributed by atoms with Gasteiger partial charge in [-0.15, -0.1) is 0 Å². The zero-order valence-electron chi connectivity index (χ0n) is 8.44. The number of nitrogens with one attached hydrogen (secondary N) is 1. The SMILES string of the molecule is CC/C(=N\N[N+](=O)[O-])N(C)C(C)C. The summed E-state index contributed by atoms with van der Waals surface area (Å²) in [7, 11) is 1.86. The van der Waals surface area contributed by atoms with E-state index in [1.165, 1.54) is 0 Å². The average Bonchev–Trinajstić information content (AvgIpc) is 2.04. The molecule has 0 bridgehead atoms. The molecule has 0 saturated heterocycles. The lowest BCUT2D eigenvalue weighted by molar-refractivity contribution is -0.545. The summed E-state index contributed by atoms with van der Waals surface area (Å²) in [6.07, 6.45) is 0.662. The number of hydrogen-bond acceptors (Lipinski definition) is 3. The van der Waals surface area contributed by atoms with Gasteiger partial charge in [-0.25, -0.2) is 0 Å². The molecule has 6 nitrogen and oxygen atoms in total. The number of rotatable bonds is 4. The molecular formula is C7H16N4O2. The van der Waals surface area contributed by atoms with E-state index in [1.807, 2.05) is 32.7 Å². The average molecular weight is 188 g/mol. The molecule has 0 amide bonds. The van der Waals surface area contributed by atoms with E-state index in [2.05, 4.69) is 5.10 Å². The number of nitro groups is 1. The van der Waals surface area contributed by atoms with E-state index in [9.17, 15) is 10.1 Å². The maximum Gasteiger partial charge on any atom is 0.244 e. The second-order valence-corrected chi connectivity index (χ2v) is 2.94. The van der Waals surface area contributed by atoms with Crippen molar-refractivity contribution in [3.05, 3.63) is 10.1 Å². The summed E-state index contributed by atoms with van der Waals surface area (Å²) in [5.74, 6) is 0.673. The van der Waals surface area contributed by atoms with Gasteiger partial charge in [-0.2, -0.15) is 0 Å². The standard InChI is InChI=1S/C7H16N4O2/c1-5-7(8-9-11(12)13)10(4)6(2)3/h6,9H,5H2,1-4H3/b8-7+. The summed E-state index contributed by atoms with van der Waals surface area (Å²) in [5, 5.41) is 13.0. The van der Waals surface area contributed by atoms with E-state index in [4.69, 9.17) is 0 Å². The molecule has 76 valence electrons. The zero-order chi connectivity index (χ0) is 10.4. The maximum atomic E-state index is 9.98. The monoisotopic (exact) mass is 188 g/mol. The number of amidine groups is 1. The third-order valence-corrected chi connectivity index (χ3v) is 1.76. The van der Waals surface area contributed by atoms with E-state index >= 15 is 0 Å². The van der Waals surface area contributed by atoms with Crippen LogP contribution in [0.3, 0.4) is 0 Å². The Kier molecular flexibility index (Phi) is 4.79. The molecule has 0 unspecified atom stereocenters. The summed E-state index contributed by atoms with van der Waals surface area (Å²) >= 11 is 0. The van der Waals surface area contributed by atoms with Crippen molar-refractivity contribution in [2.75, 3.05) is 7.05 Å². The highest BCUT2D eigenvalue weighted by atomic mass is 16.7. The van der Waals surface area contributed by atoms with Crippen LogP contribution in [0.25, 0.3) is 0 Å². The minimum atomic E-state index is -0.677. The second-order valence-electron chi connectivity index (χ2n) is 2.94. The Labute approximate surface area is 77.7 Å². The lowest BCUT2D eigenvalue weighted by Crippen LogP contribution is -2.34. The molecule has 1 N–H and O–H groups in total. The smallest absolute Gasteiger partial charge is 0.244 e. The van der Waals surface area contributed by atoms with Gasteiger partial charge in [0.2, 0.25) is 5.84 Å². The molecule has 0 aromatic heterocycles. The molecule has 0 saturated carbocycles. The predicted molar refractivity (Wildman–Crippen MR) is 50.8 cm³/mol. The van der Waals surface area contributed by atoms with E-state index in [0.29, 0.717) is 12.3 Å². The zero-order valence-corrected chi connectivity index (χ0v) is 8.44. The number of hydrogen-bond donors (Lipinski definition) is 1. The number of hydrazine groups is 1. The maximum absolute atomic E-state index is 9.98. The fourth-order valence-corrected chi connectivity index (χ4v) is 0.804. The fourth-order valence-electron chi connectivity index (χ4n) is 0.804. The summed E-state index contributed by atoms with van der Waals surface area (Å²) in [5.41, 5.74) is 1.80. The molecule has 0 aliphatic rings. The first-order valence-electron chi connectivity index (χ1n) is 4.18. The Balaban J connectivity index is 4.31. The highest BCUT2D eigenvalue weighted by molar-refractivity contribution is 5.81. The minimum Gasteiger partial charge on any atom is -0.339 e. The first-order valence-corrected chi connectivity index (χ1v) is 4.18. The van der Waals surface area contributed by atoms with Crippen molar-refractivity contribution in [3.8, 4) is 0 Å². The summed E-state index contributed by atoms with van der Waals surface area (Å²) < 4.78 is 0. The van der Waals surface area contributed by atoms with Gasteiger partial charge in [-0.1, -0.05) is 6.92 Å². The molecule has 0 radical (unpaired) electrons. The van der Waals surface area contributed by atoms with E-state index < -0.39 is 5.03 Å². The lowest BCUT2D eigenvalue weighted by atomic mass is 10.3. The molecule has 0 heterocycles. The van der Waals surface area contributed by atoms with Crippen molar-refractivity contribution in [2.45, 2.75) is 33.2 Å². The van der Waals surface area contributed by atoms with Crippen molar-refractivity contribution in [1.29, 1.82) is 0 Å². The molecule has 0 aromatic carbocycles. The third kappa shape index (κ3) is 4.29. The van der Waals surface area contributed by atoms with E-state index in [-0.39, 0.29) is 6.04 Å². The molecular weight excluding hydrogens is 172 g/mol. The van der Waals surface area contributed by atoms with Gasteiger partial charge in [0.05, 0.1) is 10.1 Å². The van der Waals surface area contributed by atoms with Crippen LogP contribution < -0.4 is 5.53 Å². The van der Waals surface area contributed by atoms with Gasteiger partial charge in [-0.05, 0) is 19.4 Å². The van der Waals surface area contributed by atoms with Gasteiger partial charge in [0, 0.05) is 19.5 Å². The predicted octanol–water partition coefficient (Wildman–Crippen LogP) is 0.831. The van der Waals surface area contributed by atoms with Crippen molar-refractivity contribution < 1.29 is 5.03 Å².